The predicted molar refractivity (Wildman–Crippen MR) is 137 cm³/mol. The largest absolute Gasteiger partial charge is 0.383 e. The van der Waals surface area contributed by atoms with Gasteiger partial charge in [0.15, 0.2) is 5.96 Å². The third-order valence-electron chi connectivity index (χ3n) is 4.86. The monoisotopic (exact) mass is 552 g/mol. The Kier molecular flexibility index (Phi) is 10.3. The maximum absolute atomic E-state index is 10.8. The average Bonchev–Trinajstić information content (AvgIpc) is 3.09. The number of nitro benzene ring substituents is 1. The van der Waals surface area contributed by atoms with E-state index in [1.807, 2.05) is 25.1 Å². The molecule has 1 aromatic heterocycles. The van der Waals surface area contributed by atoms with Crippen molar-refractivity contribution in [1.29, 1.82) is 0 Å². The third-order valence-corrected chi connectivity index (χ3v) is 4.86. The Morgan fingerprint density at radius 1 is 1.16 bits per heavy atom. The molecule has 0 unspecified atom stereocenters. The molecule has 1 heterocycles. The highest BCUT2D eigenvalue weighted by Gasteiger charge is 2.07. The van der Waals surface area contributed by atoms with Crippen molar-refractivity contribution in [2.24, 2.45) is 4.99 Å². The summed E-state index contributed by atoms with van der Waals surface area (Å²) in [5.41, 5.74) is 3.13. The number of methoxy groups -OCH3 is 1. The van der Waals surface area contributed by atoms with Crippen LogP contribution in [0.15, 0.2) is 53.5 Å². The minimum atomic E-state index is -0.405. The number of hydrogen-bond acceptors (Lipinski definition) is 5. The van der Waals surface area contributed by atoms with Gasteiger partial charge in [0.2, 0.25) is 0 Å². The lowest BCUT2D eigenvalue weighted by atomic mass is 10.2. The number of aliphatic imine (C=N–C) groups is 1. The van der Waals surface area contributed by atoms with Crippen LogP contribution in [-0.2, 0) is 17.8 Å². The molecule has 0 amide bonds. The zero-order valence-corrected chi connectivity index (χ0v) is 20.6. The first-order valence-electron chi connectivity index (χ1n) is 10.2. The number of benzene rings is 2. The number of rotatable bonds is 10. The number of guanidine groups is 1. The lowest BCUT2D eigenvalue weighted by molar-refractivity contribution is -0.384. The van der Waals surface area contributed by atoms with Crippen LogP contribution < -0.4 is 10.6 Å². The Morgan fingerprint density at radius 2 is 1.88 bits per heavy atom. The van der Waals surface area contributed by atoms with Gasteiger partial charge in [-0.2, -0.15) is 0 Å². The van der Waals surface area contributed by atoms with E-state index < -0.39 is 4.92 Å². The summed E-state index contributed by atoms with van der Waals surface area (Å²) in [7, 11) is 1.65. The SMILES string of the molecule is COCCNC(=NCc1ccc([N+](=O)[O-])cc1)NCCCn1c(C)nc2ccccc21.I. The molecular formula is C22H29IN6O3. The van der Waals surface area contributed by atoms with Gasteiger partial charge in [0.25, 0.3) is 5.69 Å². The first kappa shape index (κ1) is 25.5. The summed E-state index contributed by atoms with van der Waals surface area (Å²) in [6.07, 6.45) is 0.906. The van der Waals surface area contributed by atoms with Gasteiger partial charge in [0, 0.05) is 38.9 Å². The van der Waals surface area contributed by atoms with Gasteiger partial charge < -0.3 is 19.9 Å². The van der Waals surface area contributed by atoms with E-state index in [1.165, 1.54) is 12.1 Å². The number of halogens is 1. The molecule has 0 aliphatic heterocycles. The highest BCUT2D eigenvalue weighted by atomic mass is 127. The lowest BCUT2D eigenvalue weighted by Gasteiger charge is -2.13. The molecule has 0 spiro atoms. The molecule has 0 radical (unpaired) electrons. The average molecular weight is 552 g/mol. The minimum absolute atomic E-state index is 0. The number of hydrogen-bond donors (Lipinski definition) is 2. The number of aryl methyl sites for hydroxylation is 2. The predicted octanol–water partition coefficient (Wildman–Crippen LogP) is 3.64. The van der Waals surface area contributed by atoms with Crippen molar-refractivity contribution < 1.29 is 9.66 Å². The van der Waals surface area contributed by atoms with Gasteiger partial charge in [-0.25, -0.2) is 9.98 Å². The summed E-state index contributed by atoms with van der Waals surface area (Å²) in [6, 6.07) is 14.6. The lowest BCUT2D eigenvalue weighted by Crippen LogP contribution is -2.39. The van der Waals surface area contributed by atoms with Crippen LogP contribution in [0.1, 0.15) is 17.8 Å². The van der Waals surface area contributed by atoms with Crippen molar-refractivity contribution in [2.75, 3.05) is 26.8 Å². The molecule has 0 aliphatic carbocycles. The van der Waals surface area contributed by atoms with Gasteiger partial charge in [0.05, 0.1) is 29.1 Å². The smallest absolute Gasteiger partial charge is 0.269 e. The molecule has 2 N–H and O–H groups in total. The van der Waals surface area contributed by atoms with E-state index >= 15 is 0 Å². The molecule has 32 heavy (non-hydrogen) atoms. The van der Waals surface area contributed by atoms with Crippen molar-refractivity contribution in [3.05, 3.63) is 70.0 Å². The molecular weight excluding hydrogens is 523 g/mol. The summed E-state index contributed by atoms with van der Waals surface area (Å²) in [5, 5.41) is 17.4. The van der Waals surface area contributed by atoms with Crippen molar-refractivity contribution in [2.45, 2.75) is 26.4 Å². The fraction of sp³-hybridized carbons (Fsp3) is 0.364. The zero-order chi connectivity index (χ0) is 22.1. The zero-order valence-electron chi connectivity index (χ0n) is 18.3. The number of nitro groups is 1. The Morgan fingerprint density at radius 3 is 2.59 bits per heavy atom. The maximum atomic E-state index is 10.8. The first-order valence-corrected chi connectivity index (χ1v) is 10.2. The third kappa shape index (κ3) is 7.16. The van der Waals surface area contributed by atoms with Crippen LogP contribution in [0.5, 0.6) is 0 Å². The fourth-order valence-corrected chi connectivity index (χ4v) is 3.26. The molecule has 0 fully saturated rings. The van der Waals surface area contributed by atoms with Gasteiger partial charge in [-0.05, 0) is 31.0 Å². The number of ether oxygens (including phenoxy) is 1. The summed E-state index contributed by atoms with van der Waals surface area (Å²) in [5.74, 6) is 1.69. The fourth-order valence-electron chi connectivity index (χ4n) is 3.26. The highest BCUT2D eigenvalue weighted by molar-refractivity contribution is 14.0. The quantitative estimate of drug-likeness (QED) is 0.0994. The van der Waals surface area contributed by atoms with Gasteiger partial charge in [0.1, 0.15) is 5.82 Å². The second-order valence-corrected chi connectivity index (χ2v) is 7.09. The highest BCUT2D eigenvalue weighted by Crippen LogP contribution is 2.15. The molecule has 0 atom stereocenters. The molecule has 3 aromatic rings. The minimum Gasteiger partial charge on any atom is -0.383 e. The molecule has 10 heteroatoms. The van der Waals surface area contributed by atoms with E-state index in [1.54, 1.807) is 19.2 Å². The molecule has 9 nitrogen and oxygen atoms in total. The van der Waals surface area contributed by atoms with Gasteiger partial charge in [-0.1, -0.05) is 24.3 Å². The first-order chi connectivity index (χ1) is 15.1. The van der Waals surface area contributed by atoms with Crippen LogP contribution in [0.3, 0.4) is 0 Å². The van der Waals surface area contributed by atoms with Crippen molar-refractivity contribution in [3.63, 3.8) is 0 Å². The van der Waals surface area contributed by atoms with E-state index in [2.05, 4.69) is 31.2 Å². The Bertz CT molecular complexity index is 1040. The molecule has 0 bridgehead atoms. The number of fused-ring (bicyclic) bond motifs is 1. The number of non-ortho nitro benzene ring substituents is 1. The van der Waals surface area contributed by atoms with Crippen molar-refractivity contribution in [3.8, 4) is 0 Å². The Balaban J connectivity index is 0.00000363. The number of nitrogens with zero attached hydrogens (tertiary/aromatic N) is 4. The van der Waals surface area contributed by atoms with Crippen LogP contribution in [0.25, 0.3) is 11.0 Å². The summed E-state index contributed by atoms with van der Waals surface area (Å²) >= 11 is 0. The van der Waals surface area contributed by atoms with Gasteiger partial charge in [-0.3, -0.25) is 10.1 Å². The second kappa shape index (κ2) is 13.0. The van der Waals surface area contributed by atoms with Crippen LogP contribution >= 0.6 is 24.0 Å². The molecule has 3 rings (SSSR count). The Hall–Kier alpha value is -2.73. The van der Waals surface area contributed by atoms with E-state index in [4.69, 9.17) is 4.74 Å². The summed E-state index contributed by atoms with van der Waals surface area (Å²) in [6.45, 7) is 5.24. The van der Waals surface area contributed by atoms with E-state index in [0.29, 0.717) is 25.7 Å². The van der Waals surface area contributed by atoms with Crippen LogP contribution in [0.2, 0.25) is 0 Å². The topological polar surface area (TPSA) is 107 Å². The van der Waals surface area contributed by atoms with E-state index in [9.17, 15) is 10.1 Å². The summed E-state index contributed by atoms with van der Waals surface area (Å²) in [4.78, 5) is 19.6. The number of nitrogens with one attached hydrogen (secondary N) is 2. The molecule has 172 valence electrons. The van der Waals surface area contributed by atoms with Crippen molar-refractivity contribution in [1.82, 2.24) is 20.2 Å². The van der Waals surface area contributed by atoms with Crippen LogP contribution in [0.4, 0.5) is 5.69 Å². The maximum Gasteiger partial charge on any atom is 0.269 e. The van der Waals surface area contributed by atoms with Gasteiger partial charge >= 0.3 is 0 Å². The van der Waals surface area contributed by atoms with E-state index in [0.717, 1.165) is 41.9 Å². The normalized spacial score (nSPS) is 11.2. The molecule has 0 aliphatic rings. The summed E-state index contributed by atoms with van der Waals surface area (Å²) < 4.78 is 7.33. The van der Waals surface area contributed by atoms with Crippen LogP contribution in [-0.4, -0.2) is 47.2 Å². The van der Waals surface area contributed by atoms with Gasteiger partial charge in [-0.15, -0.1) is 24.0 Å². The second-order valence-electron chi connectivity index (χ2n) is 7.09. The molecule has 2 aromatic carbocycles. The van der Waals surface area contributed by atoms with Crippen LogP contribution in [0, 0.1) is 17.0 Å². The molecule has 0 saturated heterocycles. The standard InChI is InChI=1S/C22H28N6O3.HI/c1-17-26-20-6-3-4-7-21(20)27(17)14-5-12-23-22(24-13-15-31-2)25-16-18-8-10-19(11-9-18)28(29)30;/h3-4,6-11H,5,12-16H2,1-2H3,(H2,23,24,25);1H. The molecule has 0 saturated carbocycles. The van der Waals surface area contributed by atoms with Crippen molar-refractivity contribution >= 4 is 46.7 Å². The Labute approximate surface area is 204 Å². The number of aromatic nitrogens is 2. The number of para-hydroxylation sites is 2. The van der Waals surface area contributed by atoms with E-state index in [-0.39, 0.29) is 29.7 Å². The number of imidazole rings is 1.